The summed E-state index contributed by atoms with van der Waals surface area (Å²) < 4.78 is 10.8. The van der Waals surface area contributed by atoms with E-state index in [0.717, 1.165) is 38.5 Å². The van der Waals surface area contributed by atoms with Crippen molar-refractivity contribution in [1.82, 2.24) is 0 Å². The lowest BCUT2D eigenvalue weighted by molar-refractivity contribution is -0.155. The van der Waals surface area contributed by atoms with E-state index < -0.39 is 0 Å². The zero-order valence-corrected chi connectivity index (χ0v) is 17.3. The molecule has 0 aliphatic heterocycles. The highest BCUT2D eigenvalue weighted by Gasteiger charge is 2.32. The fraction of sp³-hybridized carbons (Fsp3) is 0.909. The zero-order chi connectivity index (χ0) is 19.2. The highest BCUT2D eigenvalue weighted by Crippen LogP contribution is 2.31. The van der Waals surface area contributed by atoms with Crippen molar-refractivity contribution in [3.8, 4) is 0 Å². The second-order valence-electron chi connectivity index (χ2n) is 8.20. The smallest absolute Gasteiger partial charge is 0.308 e. The van der Waals surface area contributed by atoms with Gasteiger partial charge < -0.3 is 9.47 Å². The maximum absolute atomic E-state index is 12.3. The molecule has 0 spiro atoms. The third-order valence-electron chi connectivity index (χ3n) is 5.27. The van der Waals surface area contributed by atoms with Gasteiger partial charge in [-0.2, -0.15) is 0 Å². The molecule has 1 aliphatic carbocycles. The molecule has 0 amide bonds. The normalized spacial score (nSPS) is 20.2. The average molecular weight is 369 g/mol. The van der Waals surface area contributed by atoms with Gasteiger partial charge in [-0.3, -0.25) is 9.59 Å². The van der Waals surface area contributed by atoms with E-state index in [-0.39, 0.29) is 23.8 Å². The fourth-order valence-electron chi connectivity index (χ4n) is 3.48. The van der Waals surface area contributed by atoms with Crippen molar-refractivity contribution >= 4 is 11.9 Å². The van der Waals surface area contributed by atoms with E-state index in [1.807, 2.05) is 0 Å². The predicted molar refractivity (Wildman–Crippen MR) is 105 cm³/mol. The highest BCUT2D eigenvalue weighted by atomic mass is 16.5. The summed E-state index contributed by atoms with van der Waals surface area (Å²) in [7, 11) is 0. The molecule has 4 heteroatoms. The van der Waals surface area contributed by atoms with Gasteiger partial charge in [-0.1, -0.05) is 65.7 Å². The predicted octanol–water partition coefficient (Wildman–Crippen LogP) is 5.68. The number of rotatable bonds is 13. The van der Waals surface area contributed by atoms with Crippen LogP contribution in [0.15, 0.2) is 0 Å². The molecule has 1 saturated carbocycles. The zero-order valence-electron chi connectivity index (χ0n) is 17.3. The summed E-state index contributed by atoms with van der Waals surface area (Å²) >= 11 is 0. The van der Waals surface area contributed by atoms with Crippen LogP contribution in [0.3, 0.4) is 0 Å². The monoisotopic (exact) mass is 368 g/mol. The molecule has 0 aromatic heterocycles. The number of carbonyl (C=O) groups is 2. The van der Waals surface area contributed by atoms with Gasteiger partial charge in [0.15, 0.2) is 0 Å². The molecule has 152 valence electrons. The van der Waals surface area contributed by atoms with Crippen molar-refractivity contribution in [3.63, 3.8) is 0 Å². The molecule has 2 atom stereocenters. The summed E-state index contributed by atoms with van der Waals surface area (Å²) in [5.74, 6) is 0.0254. The fourth-order valence-corrected chi connectivity index (χ4v) is 3.48. The number of unbranched alkanes of at least 4 members (excludes halogenated alkanes) is 6. The van der Waals surface area contributed by atoms with Gasteiger partial charge in [0.2, 0.25) is 0 Å². The van der Waals surface area contributed by atoms with Crippen LogP contribution in [0.2, 0.25) is 0 Å². The molecule has 1 fully saturated rings. The van der Waals surface area contributed by atoms with Gasteiger partial charge in [0.05, 0.1) is 25.0 Å². The summed E-state index contributed by atoms with van der Waals surface area (Å²) in [5.41, 5.74) is 0. The largest absolute Gasteiger partial charge is 0.465 e. The van der Waals surface area contributed by atoms with Crippen LogP contribution in [0.1, 0.15) is 97.8 Å². The number of esters is 2. The number of ether oxygens (including phenoxy) is 2. The first-order valence-corrected chi connectivity index (χ1v) is 10.9. The molecular weight excluding hydrogens is 328 g/mol. The van der Waals surface area contributed by atoms with Gasteiger partial charge in [0.1, 0.15) is 0 Å². The summed E-state index contributed by atoms with van der Waals surface area (Å²) in [6.07, 6.45) is 12.6. The Hall–Kier alpha value is -1.06. The Bertz CT molecular complexity index is 392. The molecule has 0 N–H and O–H groups in total. The minimum Gasteiger partial charge on any atom is -0.465 e. The van der Waals surface area contributed by atoms with Crippen LogP contribution in [-0.2, 0) is 19.1 Å². The third-order valence-corrected chi connectivity index (χ3v) is 5.27. The second kappa shape index (κ2) is 14.1. The minimum atomic E-state index is -0.132. The first-order valence-electron chi connectivity index (χ1n) is 10.9. The summed E-state index contributed by atoms with van der Waals surface area (Å²) in [4.78, 5) is 24.4. The van der Waals surface area contributed by atoms with Crippen molar-refractivity contribution < 1.29 is 19.1 Å². The van der Waals surface area contributed by atoms with Gasteiger partial charge in [0, 0.05) is 0 Å². The average Bonchev–Trinajstić information content (AvgIpc) is 2.63. The van der Waals surface area contributed by atoms with Crippen molar-refractivity contribution in [2.75, 3.05) is 13.2 Å². The third kappa shape index (κ3) is 10.2. The number of hydrogen-bond acceptors (Lipinski definition) is 4. The Morgan fingerprint density at radius 1 is 0.846 bits per heavy atom. The quantitative estimate of drug-likeness (QED) is 0.310. The summed E-state index contributed by atoms with van der Waals surface area (Å²) in [6.45, 7) is 7.46. The lowest BCUT2D eigenvalue weighted by Crippen LogP contribution is -2.30. The highest BCUT2D eigenvalue weighted by molar-refractivity contribution is 5.76. The maximum Gasteiger partial charge on any atom is 0.308 e. The number of carbonyl (C=O) groups excluding carboxylic acids is 2. The Morgan fingerprint density at radius 2 is 1.38 bits per heavy atom. The molecular formula is C22H40O4. The van der Waals surface area contributed by atoms with Gasteiger partial charge in [0.25, 0.3) is 0 Å². The molecule has 0 aromatic rings. The van der Waals surface area contributed by atoms with Crippen LogP contribution < -0.4 is 0 Å². The van der Waals surface area contributed by atoms with E-state index in [1.54, 1.807) is 0 Å². The summed E-state index contributed by atoms with van der Waals surface area (Å²) in [6, 6.07) is 0. The molecule has 2 unspecified atom stereocenters. The lowest BCUT2D eigenvalue weighted by atomic mass is 9.81. The standard InChI is InChI=1S/C22H40O4/c1-4-5-6-7-8-9-10-15-25-21(23)19-12-11-13-20(17-19)22(24)26-16-14-18(2)3/h18-20H,4-17H2,1-3H3. The van der Waals surface area contributed by atoms with Crippen LogP contribution in [0.4, 0.5) is 0 Å². The molecule has 26 heavy (non-hydrogen) atoms. The molecule has 0 saturated heterocycles. The van der Waals surface area contributed by atoms with Crippen LogP contribution in [0.25, 0.3) is 0 Å². The lowest BCUT2D eigenvalue weighted by Gasteiger charge is -2.26. The molecule has 0 bridgehead atoms. The second-order valence-corrected chi connectivity index (χ2v) is 8.20. The molecule has 4 nitrogen and oxygen atoms in total. The SMILES string of the molecule is CCCCCCCCCOC(=O)C1CCCC(C(=O)OCCC(C)C)C1. The van der Waals surface area contributed by atoms with Crippen molar-refractivity contribution in [1.29, 1.82) is 0 Å². The topological polar surface area (TPSA) is 52.6 Å². The van der Waals surface area contributed by atoms with E-state index in [0.29, 0.717) is 25.6 Å². The van der Waals surface area contributed by atoms with Crippen molar-refractivity contribution in [3.05, 3.63) is 0 Å². The first kappa shape index (κ1) is 23.0. The van der Waals surface area contributed by atoms with Gasteiger partial charge in [-0.25, -0.2) is 0 Å². The minimum absolute atomic E-state index is 0.115. The van der Waals surface area contributed by atoms with Gasteiger partial charge in [-0.15, -0.1) is 0 Å². The van der Waals surface area contributed by atoms with Crippen LogP contribution >= 0.6 is 0 Å². The Kier molecular flexibility index (Phi) is 12.4. The van der Waals surface area contributed by atoms with Gasteiger partial charge in [-0.05, 0) is 38.0 Å². The van der Waals surface area contributed by atoms with E-state index in [1.165, 1.54) is 32.1 Å². The van der Waals surface area contributed by atoms with Crippen molar-refractivity contribution in [2.45, 2.75) is 97.8 Å². The first-order chi connectivity index (χ1) is 12.5. The molecule has 0 radical (unpaired) electrons. The molecule has 0 aromatic carbocycles. The molecule has 0 heterocycles. The van der Waals surface area contributed by atoms with E-state index in [2.05, 4.69) is 20.8 Å². The van der Waals surface area contributed by atoms with E-state index in [4.69, 9.17) is 9.47 Å². The maximum atomic E-state index is 12.3. The Balaban J connectivity index is 2.16. The van der Waals surface area contributed by atoms with Crippen LogP contribution in [-0.4, -0.2) is 25.2 Å². The summed E-state index contributed by atoms with van der Waals surface area (Å²) in [5, 5.41) is 0. The number of hydrogen-bond donors (Lipinski definition) is 0. The van der Waals surface area contributed by atoms with Gasteiger partial charge >= 0.3 is 11.9 Å². The van der Waals surface area contributed by atoms with E-state index in [9.17, 15) is 9.59 Å². The molecule has 1 aliphatic rings. The van der Waals surface area contributed by atoms with Crippen LogP contribution in [0, 0.1) is 17.8 Å². The van der Waals surface area contributed by atoms with E-state index >= 15 is 0 Å². The Labute approximate surface area is 160 Å². The Morgan fingerprint density at radius 3 is 1.96 bits per heavy atom. The van der Waals surface area contributed by atoms with Crippen LogP contribution in [0.5, 0.6) is 0 Å². The molecule has 1 rings (SSSR count). The van der Waals surface area contributed by atoms with Crippen molar-refractivity contribution in [2.24, 2.45) is 17.8 Å².